The van der Waals surface area contributed by atoms with Crippen LogP contribution in [-0.2, 0) is 0 Å². The minimum Gasteiger partial charge on any atom is -0.478 e. The molecule has 0 radical (unpaired) electrons. The van der Waals surface area contributed by atoms with Gasteiger partial charge in [-0.3, -0.25) is 4.68 Å². The number of nitrogen functional groups attached to an aromatic ring is 1. The van der Waals surface area contributed by atoms with Gasteiger partial charge in [0, 0.05) is 12.2 Å². The highest BCUT2D eigenvalue weighted by molar-refractivity contribution is 5.94. The van der Waals surface area contributed by atoms with Crippen LogP contribution >= 0.6 is 0 Å². The molecule has 19 heavy (non-hydrogen) atoms. The second kappa shape index (κ2) is 4.97. The van der Waals surface area contributed by atoms with E-state index in [1.165, 1.54) is 12.3 Å². The van der Waals surface area contributed by atoms with Gasteiger partial charge in [0.2, 0.25) is 0 Å². The molecule has 0 atom stereocenters. The smallest absolute Gasteiger partial charge is 0.337 e. The zero-order chi connectivity index (χ0) is 14.0. The number of carbonyl (C=O) groups is 1. The Kier molecular flexibility index (Phi) is 3.37. The molecule has 4 N–H and O–H groups in total. The molecule has 2 aromatic rings. The van der Waals surface area contributed by atoms with E-state index >= 15 is 0 Å². The molecule has 2 aromatic heterocycles. The monoisotopic (exact) mass is 261 g/mol. The van der Waals surface area contributed by atoms with Crippen LogP contribution in [0.25, 0.3) is 0 Å². The van der Waals surface area contributed by atoms with Crippen LogP contribution in [0, 0.1) is 0 Å². The van der Waals surface area contributed by atoms with Crippen molar-refractivity contribution in [3.05, 3.63) is 30.2 Å². The van der Waals surface area contributed by atoms with E-state index in [1.807, 2.05) is 20.0 Å². The number of pyridine rings is 1. The summed E-state index contributed by atoms with van der Waals surface area (Å²) < 4.78 is 1.79. The van der Waals surface area contributed by atoms with Crippen molar-refractivity contribution in [1.82, 2.24) is 14.8 Å². The number of nitrogens with two attached hydrogens (primary N) is 1. The van der Waals surface area contributed by atoms with Gasteiger partial charge in [-0.1, -0.05) is 0 Å². The molecule has 0 spiro atoms. The van der Waals surface area contributed by atoms with Gasteiger partial charge in [0.25, 0.3) is 0 Å². The summed E-state index contributed by atoms with van der Waals surface area (Å²) in [7, 11) is 0. The van der Waals surface area contributed by atoms with Crippen molar-refractivity contribution >= 4 is 23.2 Å². The normalized spacial score (nSPS) is 10.7. The summed E-state index contributed by atoms with van der Waals surface area (Å²) in [5.74, 6) is -0.671. The van der Waals surface area contributed by atoms with E-state index in [4.69, 9.17) is 10.8 Å². The maximum absolute atomic E-state index is 11.0. The third kappa shape index (κ3) is 2.82. The van der Waals surface area contributed by atoms with Crippen LogP contribution in [0.15, 0.2) is 24.7 Å². The van der Waals surface area contributed by atoms with E-state index in [1.54, 1.807) is 10.9 Å². The highest BCUT2D eigenvalue weighted by Crippen LogP contribution is 2.19. The molecule has 0 amide bonds. The molecule has 0 aliphatic rings. The Morgan fingerprint density at radius 1 is 1.47 bits per heavy atom. The number of carboxylic acids is 1. The van der Waals surface area contributed by atoms with Gasteiger partial charge in [0.15, 0.2) is 0 Å². The fourth-order valence-electron chi connectivity index (χ4n) is 1.55. The number of aromatic nitrogens is 3. The Bertz CT molecular complexity index is 606. The first kappa shape index (κ1) is 12.9. The van der Waals surface area contributed by atoms with Gasteiger partial charge in [-0.2, -0.15) is 5.10 Å². The Morgan fingerprint density at radius 2 is 2.21 bits per heavy atom. The number of rotatable bonds is 4. The highest BCUT2D eigenvalue weighted by atomic mass is 16.4. The third-order valence-corrected chi connectivity index (χ3v) is 2.57. The minimum absolute atomic E-state index is 0.0220. The number of hydrogen-bond donors (Lipinski definition) is 3. The number of nitrogens with zero attached hydrogens (tertiary/aromatic N) is 3. The maximum Gasteiger partial charge on any atom is 0.337 e. The van der Waals surface area contributed by atoms with E-state index < -0.39 is 5.97 Å². The Labute approximate surface area is 110 Å². The molecule has 0 aliphatic carbocycles. The lowest BCUT2D eigenvalue weighted by molar-refractivity contribution is 0.0698. The molecule has 2 heterocycles. The van der Waals surface area contributed by atoms with E-state index in [9.17, 15) is 4.79 Å². The molecule has 0 aromatic carbocycles. The molecular weight excluding hydrogens is 246 g/mol. The summed E-state index contributed by atoms with van der Waals surface area (Å²) in [4.78, 5) is 15.0. The third-order valence-electron chi connectivity index (χ3n) is 2.57. The van der Waals surface area contributed by atoms with Crippen molar-refractivity contribution in [3.8, 4) is 0 Å². The lowest BCUT2D eigenvalue weighted by atomic mass is 10.2. The van der Waals surface area contributed by atoms with Crippen LogP contribution in [0.2, 0.25) is 0 Å². The maximum atomic E-state index is 11.0. The predicted molar refractivity (Wildman–Crippen MR) is 71.5 cm³/mol. The van der Waals surface area contributed by atoms with Gasteiger partial charge >= 0.3 is 5.97 Å². The average Bonchev–Trinajstić information content (AvgIpc) is 2.80. The molecule has 0 bridgehead atoms. The van der Waals surface area contributed by atoms with Crippen molar-refractivity contribution in [3.63, 3.8) is 0 Å². The summed E-state index contributed by atoms with van der Waals surface area (Å²) in [5.41, 5.74) is 6.44. The predicted octanol–water partition coefficient (Wildman–Crippen LogP) is 1.88. The molecule has 0 unspecified atom stereocenters. The zero-order valence-corrected chi connectivity index (χ0v) is 10.7. The van der Waals surface area contributed by atoms with Crippen LogP contribution in [0.3, 0.4) is 0 Å². The second-order valence-corrected chi connectivity index (χ2v) is 4.39. The molecule has 7 heteroatoms. The quantitative estimate of drug-likeness (QED) is 0.775. The van der Waals surface area contributed by atoms with Gasteiger partial charge in [-0.05, 0) is 19.9 Å². The number of hydrogen-bond acceptors (Lipinski definition) is 5. The molecular formula is C12H15N5O2. The molecule has 0 saturated heterocycles. The van der Waals surface area contributed by atoms with Crippen LogP contribution in [0.1, 0.15) is 30.2 Å². The lowest BCUT2D eigenvalue weighted by Gasteiger charge is -2.06. The highest BCUT2D eigenvalue weighted by Gasteiger charge is 2.10. The molecule has 2 rings (SSSR count). The fraction of sp³-hybridized carbons (Fsp3) is 0.250. The standard InChI is InChI=1S/C12H15N5O2/c1-7(2)17-6-8(4-15-17)16-11-3-9(12(18)19)10(13)5-14-11/h3-7H,13H2,1-2H3,(H,14,16)(H,18,19). The number of carboxylic acid groups (broad SMARTS) is 1. The lowest BCUT2D eigenvalue weighted by Crippen LogP contribution is -2.05. The van der Waals surface area contributed by atoms with Crippen LogP contribution in [-0.4, -0.2) is 25.8 Å². The number of aromatic carboxylic acids is 1. The first-order chi connectivity index (χ1) is 8.97. The van der Waals surface area contributed by atoms with Crippen molar-refractivity contribution in [2.45, 2.75) is 19.9 Å². The van der Waals surface area contributed by atoms with Crippen molar-refractivity contribution in [2.24, 2.45) is 0 Å². The first-order valence-corrected chi connectivity index (χ1v) is 5.77. The van der Waals surface area contributed by atoms with Crippen molar-refractivity contribution in [2.75, 3.05) is 11.1 Å². The Morgan fingerprint density at radius 3 is 2.79 bits per heavy atom. The van der Waals surface area contributed by atoms with E-state index in [0.29, 0.717) is 5.82 Å². The summed E-state index contributed by atoms with van der Waals surface area (Å²) in [6.07, 6.45) is 4.79. The van der Waals surface area contributed by atoms with Crippen LogP contribution in [0.4, 0.5) is 17.2 Å². The number of nitrogens with one attached hydrogen (secondary N) is 1. The minimum atomic E-state index is -1.08. The number of anilines is 3. The van der Waals surface area contributed by atoms with Crippen LogP contribution in [0.5, 0.6) is 0 Å². The molecule has 0 fully saturated rings. The molecule has 7 nitrogen and oxygen atoms in total. The van der Waals surface area contributed by atoms with Crippen molar-refractivity contribution < 1.29 is 9.90 Å². The van der Waals surface area contributed by atoms with Gasteiger partial charge < -0.3 is 16.2 Å². The Hall–Kier alpha value is -2.57. The summed E-state index contributed by atoms with van der Waals surface area (Å²) in [6, 6.07) is 1.65. The van der Waals surface area contributed by atoms with Crippen molar-refractivity contribution in [1.29, 1.82) is 0 Å². The summed E-state index contributed by atoms with van der Waals surface area (Å²) in [6.45, 7) is 4.03. The van der Waals surface area contributed by atoms with E-state index in [-0.39, 0.29) is 17.3 Å². The zero-order valence-electron chi connectivity index (χ0n) is 10.7. The molecule has 0 aliphatic heterocycles. The topological polar surface area (TPSA) is 106 Å². The van der Waals surface area contributed by atoms with Gasteiger partial charge in [-0.15, -0.1) is 0 Å². The van der Waals surface area contributed by atoms with Gasteiger partial charge in [0.1, 0.15) is 5.82 Å². The molecule has 100 valence electrons. The summed E-state index contributed by atoms with van der Waals surface area (Å²) in [5, 5.41) is 16.1. The Balaban J connectivity index is 2.23. The summed E-state index contributed by atoms with van der Waals surface area (Å²) >= 11 is 0. The van der Waals surface area contributed by atoms with Gasteiger partial charge in [0.05, 0.1) is 29.3 Å². The van der Waals surface area contributed by atoms with E-state index in [0.717, 1.165) is 5.69 Å². The van der Waals surface area contributed by atoms with Crippen LogP contribution < -0.4 is 11.1 Å². The fourth-order valence-corrected chi connectivity index (χ4v) is 1.55. The SMILES string of the molecule is CC(C)n1cc(Nc2cc(C(=O)O)c(N)cn2)cn1. The van der Waals surface area contributed by atoms with Gasteiger partial charge in [-0.25, -0.2) is 9.78 Å². The molecule has 0 saturated carbocycles. The average molecular weight is 261 g/mol. The van der Waals surface area contributed by atoms with E-state index in [2.05, 4.69) is 15.4 Å². The largest absolute Gasteiger partial charge is 0.478 e. The second-order valence-electron chi connectivity index (χ2n) is 4.39. The first-order valence-electron chi connectivity index (χ1n) is 5.77.